The van der Waals surface area contributed by atoms with Crippen LogP contribution in [0.3, 0.4) is 0 Å². The molecule has 2 nitrogen and oxygen atoms in total. The van der Waals surface area contributed by atoms with Gasteiger partial charge in [0, 0.05) is 22.5 Å². The van der Waals surface area contributed by atoms with Crippen LogP contribution in [0.4, 0.5) is 11.4 Å². The van der Waals surface area contributed by atoms with E-state index in [2.05, 4.69) is 181 Å². The average Bonchev–Trinajstić information content (AvgIpc) is 3.72. The van der Waals surface area contributed by atoms with Crippen molar-refractivity contribution in [3.8, 4) is 39.1 Å². The zero-order valence-corrected chi connectivity index (χ0v) is 27.3. The molecule has 0 bridgehead atoms. The highest BCUT2D eigenvalue weighted by Gasteiger charge is 2.47. The Morgan fingerprint density at radius 1 is 0.420 bits per heavy atom. The molecule has 9 aromatic carbocycles. The van der Waals surface area contributed by atoms with Crippen molar-refractivity contribution < 1.29 is 4.74 Å². The van der Waals surface area contributed by atoms with Crippen LogP contribution in [0.1, 0.15) is 23.3 Å². The average molecular weight is 638 g/mol. The quantitative estimate of drug-likeness (QED) is 0.178. The molecule has 50 heavy (non-hydrogen) atoms. The second-order valence-electron chi connectivity index (χ2n) is 13.6. The number of para-hydroxylation sites is 2. The number of hydrogen-bond acceptors (Lipinski definition) is 2. The van der Waals surface area contributed by atoms with Gasteiger partial charge in [-0.2, -0.15) is 0 Å². The largest absolute Gasteiger partial charge is 0.483 e. The zero-order valence-electron chi connectivity index (χ0n) is 27.3. The van der Waals surface area contributed by atoms with Gasteiger partial charge in [-0.1, -0.05) is 146 Å². The summed E-state index contributed by atoms with van der Waals surface area (Å²) in [6.45, 7) is 0. The molecule has 2 aliphatic heterocycles. The maximum absolute atomic E-state index is 6.58. The standard InChI is InChI=1S/C48H31NO/c1-2-10-30(11-3-1)33-12-8-13-34(28-33)37-24-20-31-23-27-40-38(25-21-32-22-26-39(37)45(31)46(32)40)35-14-9-15-36(29-35)49-43-18-6-4-16-41(43)48-47(49)42-17-5-7-19-44(42)50-48/h1-29,47-48H. The van der Waals surface area contributed by atoms with Gasteiger partial charge in [0.05, 0.1) is 0 Å². The zero-order chi connectivity index (χ0) is 32.8. The van der Waals surface area contributed by atoms with Crippen LogP contribution in [0.5, 0.6) is 5.75 Å². The fourth-order valence-corrected chi connectivity index (χ4v) is 8.73. The van der Waals surface area contributed by atoms with Crippen molar-refractivity contribution in [1.82, 2.24) is 0 Å². The van der Waals surface area contributed by atoms with Gasteiger partial charge in [0.2, 0.25) is 0 Å². The molecule has 2 heteroatoms. The smallest absolute Gasteiger partial charge is 0.151 e. The van der Waals surface area contributed by atoms with Gasteiger partial charge in [0.15, 0.2) is 6.10 Å². The fourth-order valence-electron chi connectivity index (χ4n) is 8.73. The summed E-state index contributed by atoms with van der Waals surface area (Å²) in [4.78, 5) is 2.49. The molecule has 0 amide bonds. The molecular weight excluding hydrogens is 607 g/mol. The summed E-state index contributed by atoms with van der Waals surface area (Å²) in [5, 5.41) is 7.76. The van der Waals surface area contributed by atoms with Crippen molar-refractivity contribution in [2.75, 3.05) is 4.90 Å². The predicted octanol–water partition coefficient (Wildman–Crippen LogP) is 12.9. The van der Waals surface area contributed by atoms with E-state index in [0.29, 0.717) is 0 Å². The molecule has 234 valence electrons. The molecule has 0 aromatic heterocycles. The van der Waals surface area contributed by atoms with Crippen LogP contribution >= 0.6 is 0 Å². The van der Waals surface area contributed by atoms with Gasteiger partial charge in [-0.3, -0.25) is 0 Å². The van der Waals surface area contributed by atoms with E-state index >= 15 is 0 Å². The van der Waals surface area contributed by atoms with Crippen LogP contribution in [0.15, 0.2) is 176 Å². The van der Waals surface area contributed by atoms with Crippen molar-refractivity contribution in [2.24, 2.45) is 0 Å². The minimum Gasteiger partial charge on any atom is -0.483 e. The first-order valence-corrected chi connectivity index (χ1v) is 17.4. The van der Waals surface area contributed by atoms with E-state index in [1.165, 1.54) is 88.2 Å². The van der Waals surface area contributed by atoms with Crippen LogP contribution in [0.25, 0.3) is 65.7 Å². The Bertz CT molecular complexity index is 2760. The van der Waals surface area contributed by atoms with Gasteiger partial charge in [0.1, 0.15) is 11.8 Å². The Balaban J connectivity index is 1.07. The number of nitrogens with zero attached hydrogens (tertiary/aromatic N) is 1. The lowest BCUT2D eigenvalue weighted by molar-refractivity contribution is 0.223. The molecular formula is C48H31NO. The number of anilines is 2. The monoisotopic (exact) mass is 637 g/mol. The number of hydrogen-bond donors (Lipinski definition) is 0. The highest BCUT2D eigenvalue weighted by molar-refractivity contribution is 6.27. The van der Waals surface area contributed by atoms with Crippen molar-refractivity contribution in [1.29, 1.82) is 0 Å². The maximum atomic E-state index is 6.58. The minimum absolute atomic E-state index is 0.0237. The van der Waals surface area contributed by atoms with E-state index in [0.717, 1.165) is 5.75 Å². The van der Waals surface area contributed by atoms with Gasteiger partial charge >= 0.3 is 0 Å². The van der Waals surface area contributed by atoms with Gasteiger partial charge in [0.25, 0.3) is 0 Å². The lowest BCUT2D eigenvalue weighted by atomic mass is 9.87. The summed E-state index contributed by atoms with van der Waals surface area (Å²) in [5.41, 5.74) is 12.3. The van der Waals surface area contributed by atoms with Gasteiger partial charge in [-0.15, -0.1) is 0 Å². The molecule has 0 aliphatic carbocycles. The molecule has 9 aromatic rings. The number of ether oxygens (including phenoxy) is 1. The molecule has 2 unspecified atom stereocenters. The Morgan fingerprint density at radius 3 is 1.76 bits per heavy atom. The van der Waals surface area contributed by atoms with Crippen molar-refractivity contribution in [2.45, 2.75) is 12.1 Å². The van der Waals surface area contributed by atoms with Crippen molar-refractivity contribution in [3.05, 3.63) is 187 Å². The predicted molar refractivity (Wildman–Crippen MR) is 208 cm³/mol. The SMILES string of the molecule is c1ccc(-c2cccc(-c3ccc4ccc5c(-c6cccc(N7c8ccccc8C8Oc9ccccc9C87)c6)ccc6ccc3c4c65)c2)cc1. The maximum Gasteiger partial charge on any atom is 0.151 e. The Labute approximate surface area is 290 Å². The number of rotatable bonds is 4. The molecule has 2 heterocycles. The summed E-state index contributed by atoms with van der Waals surface area (Å²) in [6, 6.07) is 64.4. The molecule has 0 N–H and O–H groups in total. The molecule has 0 fully saturated rings. The summed E-state index contributed by atoms with van der Waals surface area (Å²) in [7, 11) is 0. The number of fused-ring (bicyclic) bond motifs is 5. The van der Waals surface area contributed by atoms with E-state index in [1.54, 1.807) is 0 Å². The molecule has 0 radical (unpaired) electrons. The molecule has 2 atom stereocenters. The first-order valence-electron chi connectivity index (χ1n) is 17.4. The summed E-state index contributed by atoms with van der Waals surface area (Å²) < 4.78 is 6.58. The van der Waals surface area contributed by atoms with E-state index in [4.69, 9.17) is 4.74 Å². The fraction of sp³-hybridized carbons (Fsp3) is 0.0417. The Morgan fingerprint density at radius 2 is 1.00 bits per heavy atom. The van der Waals surface area contributed by atoms with E-state index in [-0.39, 0.29) is 12.1 Å². The van der Waals surface area contributed by atoms with E-state index in [9.17, 15) is 0 Å². The first-order chi connectivity index (χ1) is 24.8. The highest BCUT2D eigenvalue weighted by Crippen LogP contribution is 2.58. The second-order valence-corrected chi connectivity index (χ2v) is 13.6. The third-order valence-corrected chi connectivity index (χ3v) is 10.9. The lowest BCUT2D eigenvalue weighted by Gasteiger charge is -2.27. The van der Waals surface area contributed by atoms with Crippen LogP contribution in [0, 0.1) is 0 Å². The van der Waals surface area contributed by atoms with Gasteiger partial charge in [-0.25, -0.2) is 0 Å². The van der Waals surface area contributed by atoms with Gasteiger partial charge < -0.3 is 9.64 Å². The Hall–Kier alpha value is -6.38. The topological polar surface area (TPSA) is 12.5 Å². The second kappa shape index (κ2) is 10.6. The number of benzene rings is 9. The first kappa shape index (κ1) is 27.6. The highest BCUT2D eigenvalue weighted by atomic mass is 16.5. The van der Waals surface area contributed by atoms with Crippen LogP contribution < -0.4 is 9.64 Å². The molecule has 2 aliphatic rings. The van der Waals surface area contributed by atoms with Gasteiger partial charge in [-0.05, 0) is 96.0 Å². The van der Waals surface area contributed by atoms with Crippen LogP contribution in [-0.4, -0.2) is 0 Å². The molecule has 11 rings (SSSR count). The molecule has 0 spiro atoms. The third kappa shape index (κ3) is 3.96. The normalized spacial score (nSPS) is 16.1. The molecule has 0 saturated carbocycles. The summed E-state index contributed by atoms with van der Waals surface area (Å²) in [5.74, 6) is 0.982. The van der Waals surface area contributed by atoms with Crippen LogP contribution in [0.2, 0.25) is 0 Å². The summed E-state index contributed by atoms with van der Waals surface area (Å²) >= 11 is 0. The molecule has 0 saturated heterocycles. The van der Waals surface area contributed by atoms with E-state index < -0.39 is 0 Å². The third-order valence-electron chi connectivity index (χ3n) is 10.9. The lowest BCUT2D eigenvalue weighted by Crippen LogP contribution is -2.20. The van der Waals surface area contributed by atoms with Crippen molar-refractivity contribution >= 4 is 43.7 Å². The van der Waals surface area contributed by atoms with Crippen LogP contribution in [-0.2, 0) is 0 Å². The van der Waals surface area contributed by atoms with Crippen molar-refractivity contribution in [3.63, 3.8) is 0 Å². The summed E-state index contributed by atoms with van der Waals surface area (Å²) in [6.07, 6.45) is -0.0237. The minimum atomic E-state index is -0.0237. The Kier molecular flexibility index (Phi) is 5.82. The van der Waals surface area contributed by atoms with E-state index in [1.807, 2.05) is 0 Å².